The topological polar surface area (TPSA) is 94.5 Å². The molecule has 126 valence electrons. The highest BCUT2D eigenvalue weighted by atomic mass is 16.7. The van der Waals surface area contributed by atoms with Gasteiger partial charge in [0.1, 0.15) is 0 Å². The third-order valence-electron chi connectivity index (χ3n) is 5.08. The first-order valence-corrected chi connectivity index (χ1v) is 8.34. The fraction of sp³-hybridized carbons (Fsp3) is 0.471. The van der Waals surface area contributed by atoms with E-state index in [1.54, 1.807) is 6.92 Å². The molecule has 2 aliphatic rings. The van der Waals surface area contributed by atoms with E-state index >= 15 is 0 Å². The van der Waals surface area contributed by atoms with Crippen LogP contribution < -0.4 is 11.3 Å². The Morgan fingerprint density at radius 2 is 2.21 bits per heavy atom. The number of fused-ring (bicyclic) bond motifs is 1. The summed E-state index contributed by atoms with van der Waals surface area (Å²) in [6.07, 6.45) is 7.19. The van der Waals surface area contributed by atoms with Gasteiger partial charge >= 0.3 is 0 Å². The fourth-order valence-corrected chi connectivity index (χ4v) is 3.63. The third kappa shape index (κ3) is 2.36. The van der Waals surface area contributed by atoms with Crippen molar-refractivity contribution < 1.29 is 9.63 Å². The minimum atomic E-state index is -1.05. The first-order valence-electron chi connectivity index (χ1n) is 8.34. The van der Waals surface area contributed by atoms with Gasteiger partial charge in [-0.05, 0) is 25.8 Å². The van der Waals surface area contributed by atoms with Crippen molar-refractivity contribution in [1.82, 2.24) is 15.2 Å². The second kappa shape index (κ2) is 5.59. The lowest BCUT2D eigenvalue weighted by molar-refractivity contribution is -0.141. The summed E-state index contributed by atoms with van der Waals surface area (Å²) in [5, 5.41) is 9.82. The van der Waals surface area contributed by atoms with E-state index in [4.69, 9.17) is 10.7 Å². The second-order valence-corrected chi connectivity index (χ2v) is 6.81. The molecule has 1 amide bonds. The van der Waals surface area contributed by atoms with E-state index in [0.29, 0.717) is 12.5 Å². The molecule has 1 aliphatic carbocycles. The minimum Gasteiger partial charge on any atom is -0.379 e. The summed E-state index contributed by atoms with van der Waals surface area (Å²) < 4.78 is 2.13. The molecule has 2 aromatic rings. The van der Waals surface area contributed by atoms with Gasteiger partial charge in [0.2, 0.25) is 5.60 Å². The zero-order valence-corrected chi connectivity index (χ0v) is 13.7. The number of carbonyl (C=O) groups is 1. The van der Waals surface area contributed by atoms with Crippen LogP contribution in [0.15, 0.2) is 29.6 Å². The molecule has 7 nitrogen and oxygen atoms in total. The van der Waals surface area contributed by atoms with Crippen LogP contribution in [0, 0.1) is 0 Å². The van der Waals surface area contributed by atoms with Crippen LogP contribution in [0.25, 0.3) is 10.9 Å². The number of aromatic nitrogens is 2. The van der Waals surface area contributed by atoms with Gasteiger partial charge in [-0.1, -0.05) is 30.1 Å². The molecule has 0 saturated heterocycles. The van der Waals surface area contributed by atoms with E-state index in [1.807, 2.05) is 18.3 Å². The van der Waals surface area contributed by atoms with Gasteiger partial charge < -0.3 is 4.84 Å². The van der Waals surface area contributed by atoms with E-state index < -0.39 is 5.60 Å². The second-order valence-electron chi connectivity index (χ2n) is 6.81. The molecule has 0 spiro atoms. The zero-order valence-electron chi connectivity index (χ0n) is 13.7. The number of benzene rings is 1. The van der Waals surface area contributed by atoms with E-state index in [1.165, 1.54) is 25.7 Å². The van der Waals surface area contributed by atoms with Crippen molar-refractivity contribution in [2.24, 2.45) is 11.0 Å². The standard InChI is InChI=1S/C17H21N5O2/c1-17(16(23)20-18)9-14(21-24-17)11-6-7-12-10-19-22(15(12)8-11)13-4-2-3-5-13/h6-8,10,13H,2-5,9,18H2,1H3,(H,20,23). The van der Waals surface area contributed by atoms with Gasteiger partial charge in [0.25, 0.3) is 5.91 Å². The van der Waals surface area contributed by atoms with Gasteiger partial charge in [0.05, 0.1) is 23.5 Å². The van der Waals surface area contributed by atoms with Crippen molar-refractivity contribution in [2.45, 2.75) is 50.7 Å². The number of rotatable bonds is 3. The van der Waals surface area contributed by atoms with E-state index in [0.717, 1.165) is 22.2 Å². The van der Waals surface area contributed by atoms with Crippen LogP contribution in [0.4, 0.5) is 0 Å². The average Bonchev–Trinajstić information content (AvgIpc) is 3.32. The summed E-state index contributed by atoms with van der Waals surface area (Å²) in [6, 6.07) is 6.61. The first-order chi connectivity index (χ1) is 11.6. The van der Waals surface area contributed by atoms with Gasteiger partial charge in [-0.3, -0.25) is 14.9 Å². The van der Waals surface area contributed by atoms with Gasteiger partial charge in [-0.25, -0.2) is 5.84 Å². The van der Waals surface area contributed by atoms with Crippen LogP contribution in [-0.4, -0.2) is 27.0 Å². The summed E-state index contributed by atoms with van der Waals surface area (Å²) >= 11 is 0. The molecular weight excluding hydrogens is 306 g/mol. The summed E-state index contributed by atoms with van der Waals surface area (Å²) in [7, 11) is 0. The Balaban J connectivity index is 1.66. The maximum absolute atomic E-state index is 11.9. The zero-order chi connectivity index (χ0) is 16.7. The summed E-state index contributed by atoms with van der Waals surface area (Å²) in [4.78, 5) is 17.2. The third-order valence-corrected chi connectivity index (χ3v) is 5.08. The minimum absolute atomic E-state index is 0.377. The molecule has 1 aliphatic heterocycles. The molecule has 1 unspecified atom stereocenters. The molecule has 1 atom stereocenters. The molecule has 3 N–H and O–H groups in total. The first kappa shape index (κ1) is 15.1. The molecule has 0 bridgehead atoms. The van der Waals surface area contributed by atoms with E-state index in [-0.39, 0.29) is 5.91 Å². The molecular formula is C17H21N5O2. The van der Waals surface area contributed by atoms with Crippen LogP contribution >= 0.6 is 0 Å². The number of nitrogens with one attached hydrogen (secondary N) is 1. The molecule has 1 aromatic carbocycles. The van der Waals surface area contributed by atoms with Crippen molar-refractivity contribution in [3.05, 3.63) is 30.0 Å². The van der Waals surface area contributed by atoms with Crippen molar-refractivity contribution in [3.63, 3.8) is 0 Å². The summed E-state index contributed by atoms with van der Waals surface area (Å²) in [6.45, 7) is 1.69. The monoisotopic (exact) mass is 327 g/mol. The van der Waals surface area contributed by atoms with Crippen molar-refractivity contribution in [3.8, 4) is 0 Å². The molecule has 2 heterocycles. The predicted octanol–water partition coefficient (Wildman–Crippen LogP) is 2.02. The number of nitrogens with two attached hydrogens (primary N) is 1. The van der Waals surface area contributed by atoms with Crippen molar-refractivity contribution in [2.75, 3.05) is 0 Å². The molecule has 0 radical (unpaired) electrons. The normalized spacial score (nSPS) is 24.2. The SMILES string of the molecule is CC1(C(=O)NN)CC(c2ccc3cnn(C4CCCC4)c3c2)=NO1. The molecule has 1 saturated carbocycles. The van der Waals surface area contributed by atoms with Crippen molar-refractivity contribution in [1.29, 1.82) is 0 Å². The Labute approximate surface area is 139 Å². The lowest BCUT2D eigenvalue weighted by atomic mass is 9.95. The summed E-state index contributed by atoms with van der Waals surface area (Å²) in [5.74, 6) is 4.85. The van der Waals surface area contributed by atoms with Crippen LogP contribution in [0.2, 0.25) is 0 Å². The molecule has 1 aromatic heterocycles. The number of oxime groups is 1. The maximum Gasteiger partial charge on any atom is 0.281 e. The van der Waals surface area contributed by atoms with Gasteiger partial charge in [-0.2, -0.15) is 5.10 Å². The Bertz CT molecular complexity index is 821. The Kier molecular flexibility index (Phi) is 3.53. The maximum atomic E-state index is 11.9. The number of nitrogens with zero attached hydrogens (tertiary/aromatic N) is 3. The molecule has 4 rings (SSSR count). The Morgan fingerprint density at radius 1 is 1.42 bits per heavy atom. The van der Waals surface area contributed by atoms with Gasteiger partial charge in [0.15, 0.2) is 0 Å². The van der Waals surface area contributed by atoms with Crippen LogP contribution in [0.5, 0.6) is 0 Å². The predicted molar refractivity (Wildman–Crippen MR) is 90.2 cm³/mol. The lowest BCUT2D eigenvalue weighted by Crippen LogP contribution is -2.47. The molecule has 1 fully saturated rings. The Hall–Kier alpha value is -2.41. The van der Waals surface area contributed by atoms with Crippen molar-refractivity contribution >= 4 is 22.5 Å². The number of carbonyl (C=O) groups excluding carboxylic acids is 1. The highest BCUT2D eigenvalue weighted by Crippen LogP contribution is 2.33. The highest BCUT2D eigenvalue weighted by Gasteiger charge is 2.42. The summed E-state index contributed by atoms with van der Waals surface area (Å²) in [5.41, 5.74) is 3.91. The van der Waals surface area contributed by atoms with Gasteiger partial charge in [-0.15, -0.1) is 0 Å². The van der Waals surface area contributed by atoms with E-state index in [2.05, 4.69) is 26.4 Å². The van der Waals surface area contributed by atoms with Gasteiger partial charge in [0, 0.05) is 17.4 Å². The fourth-order valence-electron chi connectivity index (χ4n) is 3.63. The number of hydrogen-bond donors (Lipinski definition) is 2. The number of hydrazine groups is 1. The average molecular weight is 327 g/mol. The largest absolute Gasteiger partial charge is 0.379 e. The van der Waals surface area contributed by atoms with Crippen LogP contribution in [0.3, 0.4) is 0 Å². The molecule has 7 heteroatoms. The number of amides is 1. The highest BCUT2D eigenvalue weighted by molar-refractivity contribution is 6.06. The van der Waals surface area contributed by atoms with Crippen LogP contribution in [0.1, 0.15) is 50.6 Å². The quantitative estimate of drug-likeness (QED) is 0.512. The van der Waals surface area contributed by atoms with E-state index in [9.17, 15) is 4.79 Å². The molecule has 24 heavy (non-hydrogen) atoms. The lowest BCUT2D eigenvalue weighted by Gasteiger charge is -2.18. The Morgan fingerprint density at radius 3 is 2.96 bits per heavy atom. The number of hydrogen-bond acceptors (Lipinski definition) is 5. The smallest absolute Gasteiger partial charge is 0.281 e. The van der Waals surface area contributed by atoms with Crippen LogP contribution in [-0.2, 0) is 9.63 Å².